The first-order valence-corrected chi connectivity index (χ1v) is 4.78. The van der Waals surface area contributed by atoms with Crippen LogP contribution in [0.15, 0.2) is 36.5 Å². The summed E-state index contributed by atoms with van der Waals surface area (Å²) in [5.41, 5.74) is 6.06. The number of nitrogens with zero attached hydrogens (tertiary/aromatic N) is 2. The average Bonchev–Trinajstić information content (AvgIpc) is 2.31. The molecule has 1 aromatic heterocycles. The Balaban J connectivity index is 2.34. The number of ether oxygens (including phenoxy) is 1. The van der Waals surface area contributed by atoms with Gasteiger partial charge in [0.05, 0.1) is 11.9 Å². The number of anilines is 1. The molecule has 0 saturated carbocycles. The zero-order valence-electron chi connectivity index (χ0n) is 8.72. The number of pyridine rings is 1. The van der Waals surface area contributed by atoms with E-state index >= 15 is 0 Å². The van der Waals surface area contributed by atoms with E-state index < -0.39 is 5.82 Å². The molecule has 0 atom stereocenters. The average molecular weight is 229 g/mol. The summed E-state index contributed by atoms with van der Waals surface area (Å²) in [6.07, 6.45) is 1.37. The second kappa shape index (κ2) is 4.49. The first kappa shape index (κ1) is 10.9. The second-order valence-corrected chi connectivity index (χ2v) is 3.29. The fraction of sp³-hybridized carbons (Fsp3) is 0. The maximum absolute atomic E-state index is 12.9. The van der Waals surface area contributed by atoms with E-state index in [1.807, 2.05) is 6.07 Å². The first-order valence-electron chi connectivity index (χ1n) is 4.78. The highest BCUT2D eigenvalue weighted by Crippen LogP contribution is 2.24. The van der Waals surface area contributed by atoms with E-state index in [0.717, 1.165) is 0 Å². The number of benzene rings is 1. The van der Waals surface area contributed by atoms with Crippen molar-refractivity contribution in [2.45, 2.75) is 0 Å². The van der Waals surface area contributed by atoms with Crippen molar-refractivity contribution in [2.75, 3.05) is 5.73 Å². The van der Waals surface area contributed by atoms with E-state index in [9.17, 15) is 4.39 Å². The van der Waals surface area contributed by atoms with Gasteiger partial charge in [-0.15, -0.1) is 0 Å². The zero-order valence-corrected chi connectivity index (χ0v) is 8.72. The minimum absolute atomic E-state index is 0.104. The summed E-state index contributed by atoms with van der Waals surface area (Å²) < 4.78 is 18.2. The Bertz CT molecular complexity index is 593. The van der Waals surface area contributed by atoms with E-state index in [0.29, 0.717) is 5.69 Å². The van der Waals surface area contributed by atoms with Gasteiger partial charge in [0.2, 0.25) is 5.88 Å². The van der Waals surface area contributed by atoms with Gasteiger partial charge in [-0.2, -0.15) is 5.26 Å². The summed E-state index contributed by atoms with van der Waals surface area (Å²) in [7, 11) is 0. The molecule has 1 heterocycles. The SMILES string of the molecule is N#Cc1cc(N)cnc1Oc1cccc(F)c1. The van der Waals surface area contributed by atoms with Gasteiger partial charge >= 0.3 is 0 Å². The molecule has 2 N–H and O–H groups in total. The van der Waals surface area contributed by atoms with Gasteiger partial charge in [0.1, 0.15) is 23.2 Å². The molecule has 0 unspecified atom stereocenters. The monoisotopic (exact) mass is 229 g/mol. The number of rotatable bonds is 2. The van der Waals surface area contributed by atoms with Crippen molar-refractivity contribution in [1.29, 1.82) is 5.26 Å². The maximum Gasteiger partial charge on any atom is 0.237 e. The van der Waals surface area contributed by atoms with Gasteiger partial charge in [-0.1, -0.05) is 6.07 Å². The Morgan fingerprint density at radius 2 is 2.18 bits per heavy atom. The predicted octanol–water partition coefficient (Wildman–Crippen LogP) is 2.47. The largest absolute Gasteiger partial charge is 0.438 e. The molecule has 0 aliphatic heterocycles. The summed E-state index contributed by atoms with van der Waals surface area (Å²) in [4.78, 5) is 3.88. The third kappa shape index (κ3) is 2.49. The van der Waals surface area contributed by atoms with E-state index in [2.05, 4.69) is 4.98 Å². The van der Waals surface area contributed by atoms with Crippen LogP contribution in [-0.2, 0) is 0 Å². The van der Waals surface area contributed by atoms with Crippen LogP contribution in [0.2, 0.25) is 0 Å². The predicted molar refractivity (Wildman–Crippen MR) is 59.8 cm³/mol. The number of nitriles is 1. The quantitative estimate of drug-likeness (QED) is 0.858. The highest BCUT2D eigenvalue weighted by molar-refractivity contribution is 5.49. The number of nitrogens with two attached hydrogens (primary N) is 1. The van der Waals surface area contributed by atoms with Crippen LogP contribution < -0.4 is 10.5 Å². The third-order valence-corrected chi connectivity index (χ3v) is 2.00. The zero-order chi connectivity index (χ0) is 12.3. The van der Waals surface area contributed by atoms with Crippen molar-refractivity contribution in [2.24, 2.45) is 0 Å². The molecule has 4 nitrogen and oxygen atoms in total. The van der Waals surface area contributed by atoms with Crippen LogP contribution >= 0.6 is 0 Å². The molecule has 2 rings (SSSR count). The lowest BCUT2D eigenvalue weighted by atomic mass is 10.2. The van der Waals surface area contributed by atoms with Gasteiger partial charge in [0.15, 0.2) is 0 Å². The molecule has 0 amide bonds. The van der Waals surface area contributed by atoms with Crippen LogP contribution in [0.4, 0.5) is 10.1 Å². The Morgan fingerprint density at radius 3 is 2.88 bits per heavy atom. The van der Waals surface area contributed by atoms with Crippen molar-refractivity contribution in [3.05, 3.63) is 47.9 Å². The van der Waals surface area contributed by atoms with E-state index in [1.54, 1.807) is 6.07 Å². The van der Waals surface area contributed by atoms with Crippen LogP contribution in [0.1, 0.15) is 5.56 Å². The fourth-order valence-corrected chi connectivity index (χ4v) is 1.27. The van der Waals surface area contributed by atoms with Crippen LogP contribution in [0.5, 0.6) is 11.6 Å². The standard InChI is InChI=1S/C12H8FN3O/c13-9-2-1-3-11(5-9)17-12-8(6-14)4-10(15)7-16-12/h1-5,7H,15H2. The molecule has 0 radical (unpaired) electrons. The topological polar surface area (TPSA) is 71.9 Å². The molecule has 1 aromatic carbocycles. The Labute approximate surface area is 97.1 Å². The molecule has 0 fully saturated rings. The van der Waals surface area contributed by atoms with Crippen molar-refractivity contribution >= 4 is 5.69 Å². The van der Waals surface area contributed by atoms with Crippen LogP contribution in [0, 0.1) is 17.1 Å². The maximum atomic E-state index is 12.9. The minimum Gasteiger partial charge on any atom is -0.438 e. The number of hydrogen-bond donors (Lipinski definition) is 1. The molecule has 0 spiro atoms. The van der Waals surface area contributed by atoms with Crippen molar-refractivity contribution in [3.8, 4) is 17.7 Å². The molecule has 0 saturated heterocycles. The lowest BCUT2D eigenvalue weighted by molar-refractivity contribution is 0.456. The second-order valence-electron chi connectivity index (χ2n) is 3.29. The molecule has 0 aliphatic rings. The van der Waals surface area contributed by atoms with E-state index in [1.165, 1.54) is 30.5 Å². The molecule has 5 heteroatoms. The van der Waals surface area contributed by atoms with Gasteiger partial charge in [0.25, 0.3) is 0 Å². The number of hydrogen-bond acceptors (Lipinski definition) is 4. The summed E-state index contributed by atoms with van der Waals surface area (Å²) in [6, 6.07) is 8.94. The number of aromatic nitrogens is 1. The fourth-order valence-electron chi connectivity index (χ4n) is 1.27. The third-order valence-electron chi connectivity index (χ3n) is 2.00. The smallest absolute Gasteiger partial charge is 0.237 e. The molecule has 84 valence electrons. The molecular weight excluding hydrogens is 221 g/mol. The number of halogens is 1. The lowest BCUT2D eigenvalue weighted by Gasteiger charge is -2.06. The molecule has 0 aliphatic carbocycles. The van der Waals surface area contributed by atoms with Gasteiger partial charge in [-0.3, -0.25) is 0 Å². The van der Waals surface area contributed by atoms with E-state index in [-0.39, 0.29) is 17.2 Å². The Hall–Kier alpha value is -2.61. The van der Waals surface area contributed by atoms with Crippen molar-refractivity contribution < 1.29 is 9.13 Å². The highest BCUT2D eigenvalue weighted by atomic mass is 19.1. The molecule has 2 aromatic rings. The van der Waals surface area contributed by atoms with Crippen LogP contribution in [0.25, 0.3) is 0 Å². The number of nitrogen functional groups attached to an aromatic ring is 1. The molecule has 0 bridgehead atoms. The van der Waals surface area contributed by atoms with Gasteiger partial charge in [-0.05, 0) is 18.2 Å². The van der Waals surface area contributed by atoms with E-state index in [4.69, 9.17) is 15.7 Å². The summed E-state index contributed by atoms with van der Waals surface area (Å²) >= 11 is 0. The van der Waals surface area contributed by atoms with Gasteiger partial charge in [0, 0.05) is 6.07 Å². The summed E-state index contributed by atoms with van der Waals surface area (Å²) in [5.74, 6) is -0.0393. The summed E-state index contributed by atoms with van der Waals surface area (Å²) in [5, 5.41) is 8.88. The normalized spacial score (nSPS) is 9.65. The van der Waals surface area contributed by atoms with Gasteiger partial charge < -0.3 is 10.5 Å². The highest BCUT2D eigenvalue weighted by Gasteiger charge is 2.07. The Morgan fingerprint density at radius 1 is 1.35 bits per heavy atom. The van der Waals surface area contributed by atoms with Crippen LogP contribution in [-0.4, -0.2) is 4.98 Å². The van der Waals surface area contributed by atoms with Gasteiger partial charge in [-0.25, -0.2) is 9.37 Å². The van der Waals surface area contributed by atoms with Crippen molar-refractivity contribution in [3.63, 3.8) is 0 Å². The summed E-state index contributed by atoms with van der Waals surface area (Å²) in [6.45, 7) is 0. The molecule has 17 heavy (non-hydrogen) atoms. The Kier molecular flexibility index (Phi) is 2.88. The van der Waals surface area contributed by atoms with Crippen LogP contribution in [0.3, 0.4) is 0 Å². The van der Waals surface area contributed by atoms with Crippen molar-refractivity contribution in [1.82, 2.24) is 4.98 Å². The molecular formula is C12H8FN3O. The first-order chi connectivity index (χ1) is 8.19. The lowest BCUT2D eigenvalue weighted by Crippen LogP contribution is -1.95. The minimum atomic E-state index is -0.420.